The van der Waals surface area contributed by atoms with Gasteiger partial charge in [-0.2, -0.15) is 5.10 Å². The molecule has 1 N–H and O–H groups in total. The number of thiazole rings is 1. The van der Waals surface area contributed by atoms with E-state index in [1.165, 1.54) is 11.3 Å². The van der Waals surface area contributed by atoms with Crippen LogP contribution in [0.4, 0.5) is 0 Å². The lowest BCUT2D eigenvalue weighted by molar-refractivity contribution is 0.0697. The van der Waals surface area contributed by atoms with Gasteiger partial charge >= 0.3 is 5.97 Å². The zero-order chi connectivity index (χ0) is 14.3. The first kappa shape index (κ1) is 12.8. The third-order valence-electron chi connectivity index (χ3n) is 3.06. The van der Waals surface area contributed by atoms with E-state index in [0.29, 0.717) is 0 Å². The first-order valence-electron chi connectivity index (χ1n) is 6.27. The summed E-state index contributed by atoms with van der Waals surface area (Å²) in [5.74, 6) is -0.920. The number of carbonyl (C=O) groups is 1. The van der Waals surface area contributed by atoms with E-state index < -0.39 is 5.97 Å². The zero-order valence-electron chi connectivity index (χ0n) is 11.1. The Balaban J connectivity index is 2.15. The molecule has 2 heterocycles. The standard InChI is InChI=1S/C14H13N3O2S/c1-3-17-11(6-8(2)16-17)13-15-10-5-4-9(14(18)19)7-12(10)20-13/h4-7H,3H2,1-2H3,(H,18,19). The highest BCUT2D eigenvalue weighted by molar-refractivity contribution is 7.21. The third-order valence-corrected chi connectivity index (χ3v) is 4.10. The second-order valence-electron chi connectivity index (χ2n) is 4.49. The average Bonchev–Trinajstić information content (AvgIpc) is 3.00. The van der Waals surface area contributed by atoms with Gasteiger partial charge in [0.1, 0.15) is 5.01 Å². The van der Waals surface area contributed by atoms with Crippen molar-refractivity contribution in [3.05, 3.63) is 35.5 Å². The van der Waals surface area contributed by atoms with E-state index in [1.807, 2.05) is 24.6 Å². The van der Waals surface area contributed by atoms with Crippen molar-refractivity contribution in [2.75, 3.05) is 0 Å². The molecule has 0 atom stereocenters. The Hall–Kier alpha value is -2.21. The van der Waals surface area contributed by atoms with Crippen LogP contribution in [0.25, 0.3) is 20.9 Å². The SMILES string of the molecule is CCn1nc(C)cc1-c1nc2ccc(C(=O)O)cc2s1. The molecule has 6 heteroatoms. The van der Waals surface area contributed by atoms with Gasteiger partial charge in [0.05, 0.1) is 27.2 Å². The highest BCUT2D eigenvalue weighted by Gasteiger charge is 2.13. The minimum absolute atomic E-state index is 0.285. The molecule has 1 aromatic carbocycles. The monoisotopic (exact) mass is 287 g/mol. The number of benzene rings is 1. The summed E-state index contributed by atoms with van der Waals surface area (Å²) >= 11 is 1.49. The molecule has 0 bridgehead atoms. The van der Waals surface area contributed by atoms with Crippen molar-refractivity contribution in [3.8, 4) is 10.7 Å². The number of hydrogen-bond acceptors (Lipinski definition) is 4. The van der Waals surface area contributed by atoms with Crippen molar-refractivity contribution in [2.45, 2.75) is 20.4 Å². The fourth-order valence-corrected chi connectivity index (χ4v) is 3.15. The van der Waals surface area contributed by atoms with Gasteiger partial charge in [-0.25, -0.2) is 9.78 Å². The average molecular weight is 287 g/mol. The predicted octanol–water partition coefficient (Wildman–Crippen LogP) is 3.19. The summed E-state index contributed by atoms with van der Waals surface area (Å²) in [6.45, 7) is 4.76. The minimum atomic E-state index is -0.920. The van der Waals surface area contributed by atoms with Crippen LogP contribution < -0.4 is 0 Å². The van der Waals surface area contributed by atoms with E-state index in [1.54, 1.807) is 18.2 Å². The van der Waals surface area contributed by atoms with Crippen molar-refractivity contribution in [1.29, 1.82) is 0 Å². The molecule has 0 aliphatic heterocycles. The normalized spacial score (nSPS) is 11.1. The topological polar surface area (TPSA) is 68.0 Å². The molecule has 0 spiro atoms. The molecule has 0 radical (unpaired) electrons. The Kier molecular flexibility index (Phi) is 3.02. The molecule has 0 fully saturated rings. The fraction of sp³-hybridized carbons (Fsp3) is 0.214. The molecule has 3 aromatic rings. The van der Waals surface area contributed by atoms with E-state index in [0.717, 1.165) is 33.2 Å². The van der Waals surface area contributed by atoms with Crippen LogP contribution >= 0.6 is 11.3 Å². The van der Waals surface area contributed by atoms with Gasteiger partial charge in [0.25, 0.3) is 0 Å². The summed E-state index contributed by atoms with van der Waals surface area (Å²) in [5, 5.41) is 14.3. The van der Waals surface area contributed by atoms with Gasteiger partial charge in [-0.1, -0.05) is 0 Å². The van der Waals surface area contributed by atoms with Gasteiger partial charge in [0.2, 0.25) is 0 Å². The van der Waals surface area contributed by atoms with Crippen molar-refractivity contribution < 1.29 is 9.90 Å². The number of aromatic carboxylic acids is 1. The Bertz CT molecular complexity index is 804. The lowest BCUT2D eigenvalue weighted by Crippen LogP contribution is -1.98. The first-order valence-corrected chi connectivity index (χ1v) is 7.09. The molecule has 5 nitrogen and oxygen atoms in total. The molecule has 102 valence electrons. The number of hydrogen-bond donors (Lipinski definition) is 1. The quantitative estimate of drug-likeness (QED) is 0.803. The third kappa shape index (κ3) is 2.08. The van der Waals surface area contributed by atoms with Gasteiger partial charge in [-0.15, -0.1) is 11.3 Å². The summed E-state index contributed by atoms with van der Waals surface area (Å²) in [6.07, 6.45) is 0. The molecule has 3 rings (SSSR count). The fourth-order valence-electron chi connectivity index (χ4n) is 2.13. The van der Waals surface area contributed by atoms with Crippen LogP contribution in [-0.4, -0.2) is 25.8 Å². The van der Waals surface area contributed by atoms with E-state index in [-0.39, 0.29) is 5.56 Å². The maximum absolute atomic E-state index is 11.0. The van der Waals surface area contributed by atoms with Gasteiger partial charge in [0, 0.05) is 6.54 Å². The van der Waals surface area contributed by atoms with E-state index in [2.05, 4.69) is 10.1 Å². The lowest BCUT2D eigenvalue weighted by atomic mass is 10.2. The molecule has 0 unspecified atom stereocenters. The van der Waals surface area contributed by atoms with E-state index >= 15 is 0 Å². The number of carboxylic acids is 1. The Morgan fingerprint density at radius 2 is 2.20 bits per heavy atom. The maximum atomic E-state index is 11.0. The molecule has 0 aliphatic rings. The molecule has 0 amide bonds. The first-order chi connectivity index (χ1) is 9.58. The maximum Gasteiger partial charge on any atom is 0.335 e. The highest BCUT2D eigenvalue weighted by Crippen LogP contribution is 2.31. The van der Waals surface area contributed by atoms with Crippen LogP contribution in [0.3, 0.4) is 0 Å². The number of rotatable bonds is 3. The van der Waals surface area contributed by atoms with Gasteiger partial charge in [0.15, 0.2) is 0 Å². The molecule has 0 saturated carbocycles. The summed E-state index contributed by atoms with van der Waals surface area (Å²) in [5.41, 5.74) is 3.03. The number of nitrogens with zero attached hydrogens (tertiary/aromatic N) is 3. The van der Waals surface area contributed by atoms with E-state index in [4.69, 9.17) is 5.11 Å². The second-order valence-corrected chi connectivity index (χ2v) is 5.52. The van der Waals surface area contributed by atoms with E-state index in [9.17, 15) is 4.79 Å². The summed E-state index contributed by atoms with van der Waals surface area (Å²) in [4.78, 5) is 15.6. The summed E-state index contributed by atoms with van der Waals surface area (Å²) in [6, 6.07) is 6.99. The lowest BCUT2D eigenvalue weighted by Gasteiger charge is -1.99. The predicted molar refractivity (Wildman–Crippen MR) is 78.2 cm³/mol. The number of aryl methyl sites for hydroxylation is 2. The molecule has 20 heavy (non-hydrogen) atoms. The van der Waals surface area contributed by atoms with Crippen molar-refractivity contribution in [1.82, 2.24) is 14.8 Å². The number of fused-ring (bicyclic) bond motifs is 1. The van der Waals surface area contributed by atoms with Crippen LogP contribution in [0.5, 0.6) is 0 Å². The van der Waals surface area contributed by atoms with Crippen molar-refractivity contribution >= 4 is 27.5 Å². The molecular weight excluding hydrogens is 274 g/mol. The Morgan fingerprint density at radius 1 is 1.40 bits per heavy atom. The van der Waals surface area contributed by atoms with Crippen LogP contribution in [-0.2, 0) is 6.54 Å². The smallest absolute Gasteiger partial charge is 0.335 e. The van der Waals surface area contributed by atoms with Crippen LogP contribution in [0, 0.1) is 6.92 Å². The van der Waals surface area contributed by atoms with Crippen molar-refractivity contribution in [3.63, 3.8) is 0 Å². The Morgan fingerprint density at radius 3 is 2.90 bits per heavy atom. The highest BCUT2D eigenvalue weighted by atomic mass is 32.1. The van der Waals surface area contributed by atoms with Crippen LogP contribution in [0.1, 0.15) is 23.0 Å². The molecule has 2 aromatic heterocycles. The summed E-state index contributed by atoms with van der Waals surface area (Å²) < 4.78 is 2.78. The second kappa shape index (κ2) is 4.72. The van der Waals surface area contributed by atoms with Gasteiger partial charge in [-0.05, 0) is 38.1 Å². The van der Waals surface area contributed by atoms with Crippen LogP contribution in [0.2, 0.25) is 0 Å². The molecule has 0 aliphatic carbocycles. The van der Waals surface area contributed by atoms with Crippen LogP contribution in [0.15, 0.2) is 24.3 Å². The number of aromatic nitrogens is 3. The summed E-state index contributed by atoms with van der Waals surface area (Å²) in [7, 11) is 0. The van der Waals surface area contributed by atoms with Gasteiger partial charge in [-0.3, -0.25) is 4.68 Å². The van der Waals surface area contributed by atoms with Gasteiger partial charge < -0.3 is 5.11 Å². The molecular formula is C14H13N3O2S. The minimum Gasteiger partial charge on any atom is -0.478 e. The number of carboxylic acid groups (broad SMARTS) is 1. The van der Waals surface area contributed by atoms with Crippen molar-refractivity contribution in [2.24, 2.45) is 0 Å². The molecule has 0 saturated heterocycles. The largest absolute Gasteiger partial charge is 0.478 e. The zero-order valence-corrected chi connectivity index (χ0v) is 11.9. The Labute approximate surface area is 119 Å².